The van der Waals surface area contributed by atoms with Crippen molar-refractivity contribution in [1.29, 1.82) is 0 Å². The minimum absolute atomic E-state index is 0.487. The highest BCUT2D eigenvalue weighted by Crippen LogP contribution is 2.40. The van der Waals surface area contributed by atoms with Crippen LogP contribution in [0.5, 0.6) is 17.2 Å². The second-order valence-corrected chi connectivity index (χ2v) is 7.86. The number of nitrogens with one attached hydrogen (secondary N) is 2. The zero-order chi connectivity index (χ0) is 23.5. The number of anilines is 3. The van der Waals surface area contributed by atoms with Crippen molar-refractivity contribution in [2.24, 2.45) is 0 Å². The number of nitrogens with zero attached hydrogens (tertiary/aromatic N) is 3. The van der Waals surface area contributed by atoms with Gasteiger partial charge < -0.3 is 24.8 Å². The molecule has 0 aliphatic heterocycles. The number of hydrogen-bond acceptors (Lipinski definition) is 7. The SMILES string of the molecule is CNc1nc2cnc(Nc3ccc(C(C)C)cc3)cc2n1-c1cc(OC)c(OC)c(OC)c1. The molecule has 0 unspecified atom stereocenters. The van der Waals surface area contributed by atoms with Crippen LogP contribution < -0.4 is 24.8 Å². The summed E-state index contributed by atoms with van der Waals surface area (Å²) in [7, 11) is 6.62. The first-order chi connectivity index (χ1) is 16.0. The van der Waals surface area contributed by atoms with Crippen LogP contribution in [0.15, 0.2) is 48.7 Å². The quantitative estimate of drug-likeness (QED) is 0.376. The van der Waals surface area contributed by atoms with Crippen molar-refractivity contribution in [2.45, 2.75) is 19.8 Å². The molecule has 33 heavy (non-hydrogen) atoms. The number of hydrogen-bond donors (Lipinski definition) is 2. The Morgan fingerprint density at radius 1 is 0.909 bits per heavy atom. The van der Waals surface area contributed by atoms with E-state index in [1.165, 1.54) is 5.56 Å². The van der Waals surface area contributed by atoms with Crippen LogP contribution in [0.3, 0.4) is 0 Å². The molecule has 0 aliphatic rings. The molecule has 8 heteroatoms. The van der Waals surface area contributed by atoms with Gasteiger partial charge in [-0.05, 0) is 23.6 Å². The lowest BCUT2D eigenvalue weighted by molar-refractivity contribution is 0.324. The zero-order valence-corrected chi connectivity index (χ0v) is 19.8. The minimum atomic E-state index is 0.487. The summed E-state index contributed by atoms with van der Waals surface area (Å²) >= 11 is 0. The van der Waals surface area contributed by atoms with Gasteiger partial charge >= 0.3 is 0 Å². The molecule has 0 fully saturated rings. The van der Waals surface area contributed by atoms with Crippen molar-refractivity contribution in [3.8, 4) is 22.9 Å². The van der Waals surface area contributed by atoms with Gasteiger partial charge in [-0.1, -0.05) is 26.0 Å². The molecule has 4 rings (SSSR count). The molecule has 0 aliphatic carbocycles. The Morgan fingerprint density at radius 2 is 1.58 bits per heavy atom. The third-order valence-corrected chi connectivity index (χ3v) is 5.52. The predicted molar refractivity (Wildman–Crippen MR) is 132 cm³/mol. The normalized spacial score (nSPS) is 11.0. The van der Waals surface area contributed by atoms with Crippen molar-refractivity contribution in [1.82, 2.24) is 14.5 Å². The molecular weight excluding hydrogens is 418 g/mol. The van der Waals surface area contributed by atoms with Crippen LogP contribution in [-0.4, -0.2) is 42.9 Å². The standard InChI is InChI=1S/C25H29N5O3/c1-15(2)16-7-9-17(10-8-16)28-23-13-20-19(14-27-23)29-25(26-3)30(20)18-11-21(31-4)24(33-6)22(12-18)32-5/h7-15H,1-6H3,(H,26,29)(H,27,28). The maximum Gasteiger partial charge on any atom is 0.208 e. The van der Waals surface area contributed by atoms with Gasteiger partial charge in [0.1, 0.15) is 11.3 Å². The van der Waals surface area contributed by atoms with Gasteiger partial charge in [-0.2, -0.15) is 0 Å². The van der Waals surface area contributed by atoms with Gasteiger partial charge in [0.05, 0.1) is 38.7 Å². The number of ether oxygens (including phenoxy) is 3. The molecule has 0 atom stereocenters. The van der Waals surface area contributed by atoms with E-state index in [1.54, 1.807) is 27.5 Å². The van der Waals surface area contributed by atoms with E-state index in [1.807, 2.05) is 29.8 Å². The minimum Gasteiger partial charge on any atom is -0.493 e. The Bertz CT molecular complexity index is 1240. The average Bonchev–Trinajstić information content (AvgIpc) is 3.21. The van der Waals surface area contributed by atoms with Crippen LogP contribution in [0.2, 0.25) is 0 Å². The summed E-state index contributed by atoms with van der Waals surface area (Å²) in [5, 5.41) is 6.55. The van der Waals surface area contributed by atoms with Crippen LogP contribution in [0.1, 0.15) is 25.3 Å². The van der Waals surface area contributed by atoms with Gasteiger partial charge in [-0.15, -0.1) is 0 Å². The summed E-state index contributed by atoms with van der Waals surface area (Å²) in [6.45, 7) is 4.36. The largest absolute Gasteiger partial charge is 0.493 e. The van der Waals surface area contributed by atoms with Crippen molar-refractivity contribution in [2.75, 3.05) is 39.0 Å². The lowest BCUT2D eigenvalue weighted by Gasteiger charge is -2.16. The van der Waals surface area contributed by atoms with E-state index in [9.17, 15) is 0 Å². The Kier molecular flexibility index (Phi) is 6.26. The Morgan fingerprint density at radius 3 is 2.12 bits per heavy atom. The second-order valence-electron chi connectivity index (χ2n) is 7.86. The first kappa shape index (κ1) is 22.3. The molecule has 0 saturated carbocycles. The molecule has 2 N–H and O–H groups in total. The topological polar surface area (TPSA) is 82.5 Å². The summed E-state index contributed by atoms with van der Waals surface area (Å²) in [5.74, 6) is 3.53. The third-order valence-electron chi connectivity index (χ3n) is 5.52. The Balaban J connectivity index is 1.80. The van der Waals surface area contributed by atoms with Gasteiger partial charge in [-0.25, -0.2) is 9.97 Å². The Hall–Kier alpha value is -3.94. The maximum atomic E-state index is 5.55. The summed E-state index contributed by atoms with van der Waals surface area (Å²) in [6, 6.07) is 14.1. The fraction of sp³-hybridized carbons (Fsp3) is 0.280. The van der Waals surface area contributed by atoms with Gasteiger partial charge in [0.2, 0.25) is 11.7 Å². The summed E-state index contributed by atoms with van der Waals surface area (Å²) in [4.78, 5) is 9.24. The maximum absolute atomic E-state index is 5.55. The highest BCUT2D eigenvalue weighted by atomic mass is 16.5. The summed E-state index contributed by atoms with van der Waals surface area (Å²) < 4.78 is 18.6. The number of pyridine rings is 1. The second kappa shape index (κ2) is 9.28. The predicted octanol–water partition coefficient (Wildman–Crippen LogP) is 5.36. The Labute approximate surface area is 193 Å². The lowest BCUT2D eigenvalue weighted by Crippen LogP contribution is -2.04. The smallest absolute Gasteiger partial charge is 0.208 e. The summed E-state index contributed by atoms with van der Waals surface area (Å²) in [6.07, 6.45) is 1.76. The number of fused-ring (bicyclic) bond motifs is 1. The van der Waals surface area contributed by atoms with E-state index in [0.717, 1.165) is 28.2 Å². The summed E-state index contributed by atoms with van der Waals surface area (Å²) in [5.41, 5.74) is 4.72. The number of methoxy groups -OCH3 is 3. The van der Waals surface area contributed by atoms with E-state index in [4.69, 9.17) is 14.2 Å². The third kappa shape index (κ3) is 4.24. The number of rotatable bonds is 8. The first-order valence-corrected chi connectivity index (χ1v) is 10.7. The molecule has 0 saturated heterocycles. The fourth-order valence-corrected chi connectivity index (χ4v) is 3.77. The van der Waals surface area contributed by atoms with Gasteiger partial charge in [0, 0.05) is 30.9 Å². The molecule has 0 radical (unpaired) electrons. The molecule has 4 aromatic rings. The molecule has 8 nitrogen and oxygen atoms in total. The van der Waals surface area contributed by atoms with E-state index in [2.05, 4.69) is 58.7 Å². The highest BCUT2D eigenvalue weighted by molar-refractivity contribution is 5.84. The molecule has 2 aromatic carbocycles. The first-order valence-electron chi connectivity index (χ1n) is 10.7. The van der Waals surface area contributed by atoms with Crippen LogP contribution in [-0.2, 0) is 0 Å². The van der Waals surface area contributed by atoms with Gasteiger partial charge in [-0.3, -0.25) is 4.57 Å². The number of benzene rings is 2. The van der Waals surface area contributed by atoms with Gasteiger partial charge in [0.25, 0.3) is 0 Å². The van der Waals surface area contributed by atoms with Crippen molar-refractivity contribution in [3.05, 3.63) is 54.2 Å². The fourth-order valence-electron chi connectivity index (χ4n) is 3.77. The number of imidazole rings is 1. The molecule has 2 aromatic heterocycles. The molecule has 0 bridgehead atoms. The number of aromatic nitrogens is 3. The van der Waals surface area contributed by atoms with Crippen LogP contribution in [0, 0.1) is 0 Å². The van der Waals surface area contributed by atoms with E-state index in [0.29, 0.717) is 29.1 Å². The van der Waals surface area contributed by atoms with Crippen molar-refractivity contribution < 1.29 is 14.2 Å². The van der Waals surface area contributed by atoms with E-state index in [-0.39, 0.29) is 0 Å². The molecule has 2 heterocycles. The molecular formula is C25H29N5O3. The highest BCUT2D eigenvalue weighted by Gasteiger charge is 2.19. The van der Waals surface area contributed by atoms with Crippen LogP contribution in [0.25, 0.3) is 16.7 Å². The lowest BCUT2D eigenvalue weighted by atomic mass is 10.0. The van der Waals surface area contributed by atoms with Crippen molar-refractivity contribution in [3.63, 3.8) is 0 Å². The van der Waals surface area contributed by atoms with Crippen molar-refractivity contribution >= 4 is 28.5 Å². The van der Waals surface area contributed by atoms with E-state index < -0.39 is 0 Å². The van der Waals surface area contributed by atoms with Crippen LogP contribution >= 0.6 is 0 Å². The monoisotopic (exact) mass is 447 g/mol. The molecule has 172 valence electrons. The van der Waals surface area contributed by atoms with Crippen LogP contribution in [0.4, 0.5) is 17.5 Å². The van der Waals surface area contributed by atoms with Gasteiger partial charge in [0.15, 0.2) is 11.5 Å². The zero-order valence-electron chi connectivity index (χ0n) is 19.8. The average molecular weight is 448 g/mol. The molecule has 0 amide bonds. The molecule has 0 spiro atoms. The van der Waals surface area contributed by atoms with E-state index >= 15 is 0 Å².